The molecular formula is C13H17ClO3. The van der Waals surface area contributed by atoms with E-state index in [1.807, 2.05) is 6.92 Å². The Morgan fingerprint density at radius 2 is 2.12 bits per heavy atom. The molecule has 0 saturated carbocycles. The molecule has 0 bridgehead atoms. The van der Waals surface area contributed by atoms with E-state index in [-0.39, 0.29) is 11.2 Å². The summed E-state index contributed by atoms with van der Waals surface area (Å²) >= 11 is 5.83. The largest absolute Gasteiger partial charge is 0.493 e. The van der Waals surface area contributed by atoms with Crippen LogP contribution < -0.4 is 9.47 Å². The number of hydrogen-bond donors (Lipinski definition) is 0. The molecule has 0 amide bonds. The van der Waals surface area contributed by atoms with Gasteiger partial charge in [-0.3, -0.25) is 4.79 Å². The number of ketones is 1. The van der Waals surface area contributed by atoms with E-state index in [4.69, 9.17) is 21.1 Å². The van der Waals surface area contributed by atoms with Crippen LogP contribution in [0.25, 0.3) is 0 Å². The van der Waals surface area contributed by atoms with Crippen molar-refractivity contribution in [2.45, 2.75) is 25.6 Å². The maximum absolute atomic E-state index is 11.2. The SMILES string of the molecule is COc1cc(C(C)=O)ccc1OCCC(C)Cl. The lowest BCUT2D eigenvalue weighted by Gasteiger charge is -2.12. The number of carbonyl (C=O) groups excluding carboxylic acids is 1. The summed E-state index contributed by atoms with van der Waals surface area (Å²) in [5, 5.41) is 0.0810. The molecule has 1 atom stereocenters. The van der Waals surface area contributed by atoms with Crippen LogP contribution in [0.4, 0.5) is 0 Å². The maximum atomic E-state index is 11.2. The lowest BCUT2D eigenvalue weighted by molar-refractivity contribution is 0.101. The van der Waals surface area contributed by atoms with Crippen LogP contribution >= 0.6 is 11.6 Å². The summed E-state index contributed by atoms with van der Waals surface area (Å²) in [6, 6.07) is 5.15. The highest BCUT2D eigenvalue weighted by atomic mass is 35.5. The first-order valence-electron chi connectivity index (χ1n) is 5.50. The molecule has 0 aliphatic rings. The van der Waals surface area contributed by atoms with Crippen molar-refractivity contribution in [1.82, 2.24) is 0 Å². The molecule has 0 N–H and O–H groups in total. The normalized spacial score (nSPS) is 12.0. The first kappa shape index (κ1) is 13.8. The highest BCUT2D eigenvalue weighted by Gasteiger charge is 2.08. The number of hydrogen-bond acceptors (Lipinski definition) is 3. The lowest BCUT2D eigenvalue weighted by atomic mass is 10.1. The fourth-order valence-corrected chi connectivity index (χ4v) is 1.43. The molecule has 94 valence electrons. The molecule has 0 heterocycles. The van der Waals surface area contributed by atoms with Crippen LogP contribution in [-0.2, 0) is 0 Å². The average molecular weight is 257 g/mol. The Kier molecular flexibility index (Phi) is 5.29. The first-order valence-corrected chi connectivity index (χ1v) is 5.94. The second-order valence-corrected chi connectivity index (χ2v) is 4.58. The van der Waals surface area contributed by atoms with Crippen LogP contribution in [0.15, 0.2) is 18.2 Å². The summed E-state index contributed by atoms with van der Waals surface area (Å²) in [5.74, 6) is 1.21. The predicted octanol–water partition coefficient (Wildman–Crippen LogP) is 3.29. The van der Waals surface area contributed by atoms with Crippen molar-refractivity contribution in [3.63, 3.8) is 0 Å². The number of alkyl halides is 1. The van der Waals surface area contributed by atoms with Gasteiger partial charge in [-0.1, -0.05) is 0 Å². The smallest absolute Gasteiger partial charge is 0.161 e. The number of Topliss-reactive ketones (excluding diaryl/α,β-unsaturated/α-hetero) is 1. The quantitative estimate of drug-likeness (QED) is 0.579. The summed E-state index contributed by atoms with van der Waals surface area (Å²) in [4.78, 5) is 11.2. The van der Waals surface area contributed by atoms with E-state index in [1.165, 1.54) is 6.92 Å². The Morgan fingerprint density at radius 1 is 1.41 bits per heavy atom. The van der Waals surface area contributed by atoms with Gasteiger partial charge in [-0.05, 0) is 38.5 Å². The lowest BCUT2D eigenvalue weighted by Crippen LogP contribution is -2.04. The van der Waals surface area contributed by atoms with E-state index in [9.17, 15) is 4.79 Å². The second kappa shape index (κ2) is 6.50. The zero-order valence-corrected chi connectivity index (χ0v) is 11.1. The van der Waals surface area contributed by atoms with Crippen molar-refractivity contribution < 1.29 is 14.3 Å². The Balaban J connectivity index is 2.75. The van der Waals surface area contributed by atoms with Gasteiger partial charge in [-0.2, -0.15) is 0 Å². The molecular weight excluding hydrogens is 240 g/mol. The molecule has 0 aliphatic heterocycles. The minimum atomic E-state index is 0.00392. The minimum absolute atomic E-state index is 0.00392. The molecule has 17 heavy (non-hydrogen) atoms. The monoisotopic (exact) mass is 256 g/mol. The zero-order valence-electron chi connectivity index (χ0n) is 10.3. The van der Waals surface area contributed by atoms with Gasteiger partial charge in [0, 0.05) is 10.9 Å². The fraction of sp³-hybridized carbons (Fsp3) is 0.462. The third-order valence-corrected chi connectivity index (χ3v) is 2.56. The molecule has 1 unspecified atom stereocenters. The van der Waals surface area contributed by atoms with Crippen LogP contribution in [0.1, 0.15) is 30.6 Å². The van der Waals surface area contributed by atoms with Gasteiger partial charge >= 0.3 is 0 Å². The Bertz CT molecular complexity index is 388. The van der Waals surface area contributed by atoms with Crippen molar-refractivity contribution >= 4 is 17.4 Å². The standard InChI is InChI=1S/C13H17ClO3/c1-9(14)6-7-17-12-5-4-11(10(2)15)8-13(12)16-3/h4-5,8-9H,6-7H2,1-3H3. The van der Waals surface area contributed by atoms with Crippen LogP contribution in [0.2, 0.25) is 0 Å². The van der Waals surface area contributed by atoms with Gasteiger partial charge in [0.25, 0.3) is 0 Å². The van der Waals surface area contributed by atoms with Gasteiger partial charge in [0.1, 0.15) is 0 Å². The molecule has 0 spiro atoms. The topological polar surface area (TPSA) is 35.5 Å². The molecule has 0 aromatic heterocycles. The predicted molar refractivity (Wildman–Crippen MR) is 68.4 cm³/mol. The van der Waals surface area contributed by atoms with Crippen LogP contribution in [0.3, 0.4) is 0 Å². The van der Waals surface area contributed by atoms with Crippen molar-refractivity contribution in [2.75, 3.05) is 13.7 Å². The Hall–Kier alpha value is -1.22. The maximum Gasteiger partial charge on any atom is 0.161 e. The van der Waals surface area contributed by atoms with Crippen molar-refractivity contribution in [1.29, 1.82) is 0 Å². The van der Waals surface area contributed by atoms with Crippen molar-refractivity contribution in [3.8, 4) is 11.5 Å². The number of benzene rings is 1. The Labute approximate surface area is 107 Å². The van der Waals surface area contributed by atoms with E-state index in [1.54, 1.807) is 25.3 Å². The third-order valence-electron chi connectivity index (χ3n) is 2.34. The third kappa shape index (κ3) is 4.27. The van der Waals surface area contributed by atoms with Crippen LogP contribution in [0.5, 0.6) is 11.5 Å². The zero-order chi connectivity index (χ0) is 12.8. The second-order valence-electron chi connectivity index (χ2n) is 3.84. The highest BCUT2D eigenvalue weighted by molar-refractivity contribution is 6.20. The average Bonchev–Trinajstić information content (AvgIpc) is 2.28. The van der Waals surface area contributed by atoms with E-state index in [0.29, 0.717) is 23.7 Å². The number of rotatable bonds is 6. The molecule has 3 nitrogen and oxygen atoms in total. The van der Waals surface area contributed by atoms with Crippen LogP contribution in [-0.4, -0.2) is 24.9 Å². The number of carbonyl (C=O) groups is 1. The molecule has 1 aromatic rings. The molecule has 0 fully saturated rings. The van der Waals surface area contributed by atoms with E-state index in [0.717, 1.165) is 6.42 Å². The molecule has 0 aliphatic carbocycles. The summed E-state index contributed by atoms with van der Waals surface area (Å²) < 4.78 is 10.7. The molecule has 1 rings (SSSR count). The van der Waals surface area contributed by atoms with Gasteiger partial charge in [-0.25, -0.2) is 0 Å². The molecule has 0 saturated heterocycles. The number of ether oxygens (including phenoxy) is 2. The minimum Gasteiger partial charge on any atom is -0.493 e. The van der Waals surface area contributed by atoms with E-state index >= 15 is 0 Å². The van der Waals surface area contributed by atoms with Gasteiger partial charge < -0.3 is 9.47 Å². The van der Waals surface area contributed by atoms with Gasteiger partial charge in [0.15, 0.2) is 17.3 Å². The van der Waals surface area contributed by atoms with E-state index in [2.05, 4.69) is 0 Å². The fourth-order valence-electron chi connectivity index (χ4n) is 1.34. The summed E-state index contributed by atoms with van der Waals surface area (Å²) in [7, 11) is 1.55. The van der Waals surface area contributed by atoms with Gasteiger partial charge in [0.2, 0.25) is 0 Å². The Morgan fingerprint density at radius 3 is 2.65 bits per heavy atom. The highest BCUT2D eigenvalue weighted by Crippen LogP contribution is 2.28. The van der Waals surface area contributed by atoms with Gasteiger partial charge in [-0.15, -0.1) is 11.6 Å². The molecule has 1 aromatic carbocycles. The molecule has 0 radical (unpaired) electrons. The number of methoxy groups -OCH3 is 1. The molecule has 4 heteroatoms. The van der Waals surface area contributed by atoms with E-state index < -0.39 is 0 Å². The summed E-state index contributed by atoms with van der Waals surface area (Å²) in [5.41, 5.74) is 0.611. The van der Waals surface area contributed by atoms with Crippen molar-refractivity contribution in [3.05, 3.63) is 23.8 Å². The van der Waals surface area contributed by atoms with Crippen molar-refractivity contribution in [2.24, 2.45) is 0 Å². The number of halogens is 1. The van der Waals surface area contributed by atoms with Gasteiger partial charge in [0.05, 0.1) is 13.7 Å². The summed E-state index contributed by atoms with van der Waals surface area (Å²) in [6.07, 6.45) is 0.763. The summed E-state index contributed by atoms with van der Waals surface area (Å²) in [6.45, 7) is 3.96. The first-order chi connectivity index (χ1) is 8.04. The van der Waals surface area contributed by atoms with Crippen LogP contribution in [0, 0.1) is 0 Å².